The van der Waals surface area contributed by atoms with E-state index in [4.69, 9.17) is 4.74 Å². The largest absolute Gasteiger partial charge is 0.507 e. The van der Waals surface area contributed by atoms with Gasteiger partial charge in [0.1, 0.15) is 11.6 Å². The number of hydrogen-bond acceptors (Lipinski definition) is 6. The fourth-order valence-electron chi connectivity index (χ4n) is 3.03. The molecule has 27 heavy (non-hydrogen) atoms. The zero-order valence-electron chi connectivity index (χ0n) is 15.8. The van der Waals surface area contributed by atoms with Gasteiger partial charge in [0.05, 0.1) is 24.7 Å². The SMILES string of the molecule is CC(C)COC(=O)NC1CCN(c2cncc(-c3ccccc3O)n2)CC1.[HH]. The van der Waals surface area contributed by atoms with Crippen molar-refractivity contribution < 1.29 is 16.1 Å². The van der Waals surface area contributed by atoms with Crippen LogP contribution in [0.15, 0.2) is 36.7 Å². The number of rotatable bonds is 5. The van der Waals surface area contributed by atoms with E-state index in [-0.39, 0.29) is 19.3 Å². The number of alkyl carbamates (subject to hydrolysis) is 1. The number of carbonyl (C=O) groups is 1. The maximum atomic E-state index is 11.8. The Morgan fingerprint density at radius 3 is 2.78 bits per heavy atom. The normalized spacial score (nSPS) is 15.0. The Morgan fingerprint density at radius 2 is 2.07 bits per heavy atom. The molecule has 0 spiro atoms. The summed E-state index contributed by atoms with van der Waals surface area (Å²) in [4.78, 5) is 22.9. The van der Waals surface area contributed by atoms with Crippen LogP contribution in [0.4, 0.5) is 10.6 Å². The summed E-state index contributed by atoms with van der Waals surface area (Å²) >= 11 is 0. The van der Waals surface area contributed by atoms with Gasteiger partial charge < -0.3 is 20.1 Å². The van der Waals surface area contributed by atoms with Crippen molar-refractivity contribution in [2.45, 2.75) is 32.7 Å². The van der Waals surface area contributed by atoms with E-state index in [2.05, 4.69) is 20.2 Å². The second-order valence-electron chi connectivity index (χ2n) is 7.18. The number of amides is 1. The molecule has 1 aliphatic rings. The lowest BCUT2D eigenvalue weighted by Crippen LogP contribution is -2.45. The number of aromatic nitrogens is 2. The third-order valence-electron chi connectivity index (χ3n) is 4.49. The van der Waals surface area contributed by atoms with E-state index in [9.17, 15) is 9.90 Å². The molecule has 2 aromatic rings. The Balaban J connectivity index is 0.00000280. The molecule has 0 unspecified atom stereocenters. The summed E-state index contributed by atoms with van der Waals surface area (Å²) in [5.74, 6) is 1.29. The topological polar surface area (TPSA) is 87.6 Å². The van der Waals surface area contributed by atoms with E-state index in [1.54, 1.807) is 24.5 Å². The first-order valence-corrected chi connectivity index (χ1v) is 9.31. The van der Waals surface area contributed by atoms with Gasteiger partial charge in [0.15, 0.2) is 0 Å². The minimum atomic E-state index is -0.344. The van der Waals surface area contributed by atoms with Gasteiger partial charge in [-0.2, -0.15) is 0 Å². The fourth-order valence-corrected chi connectivity index (χ4v) is 3.03. The lowest BCUT2D eigenvalue weighted by Gasteiger charge is -2.32. The van der Waals surface area contributed by atoms with Gasteiger partial charge in [0.25, 0.3) is 0 Å². The molecule has 0 saturated carbocycles. The monoisotopic (exact) mass is 372 g/mol. The van der Waals surface area contributed by atoms with Crippen molar-refractivity contribution in [1.29, 1.82) is 0 Å². The number of aromatic hydroxyl groups is 1. The first kappa shape index (κ1) is 18.9. The molecular formula is C20H28N4O3. The summed E-state index contributed by atoms with van der Waals surface area (Å²) in [6.07, 6.45) is 4.67. The maximum absolute atomic E-state index is 11.8. The van der Waals surface area contributed by atoms with Crippen molar-refractivity contribution in [3.8, 4) is 17.0 Å². The van der Waals surface area contributed by atoms with Crippen LogP contribution in [-0.4, -0.2) is 46.9 Å². The Labute approximate surface area is 160 Å². The number of phenols is 1. The van der Waals surface area contributed by atoms with Crippen LogP contribution in [0, 0.1) is 5.92 Å². The van der Waals surface area contributed by atoms with Crippen LogP contribution in [0.1, 0.15) is 28.1 Å². The van der Waals surface area contributed by atoms with E-state index < -0.39 is 0 Å². The van der Waals surface area contributed by atoms with Gasteiger partial charge in [-0.3, -0.25) is 4.98 Å². The minimum absolute atomic E-state index is 0. The molecular weight excluding hydrogens is 344 g/mol. The number of para-hydroxylation sites is 1. The van der Waals surface area contributed by atoms with Crippen molar-refractivity contribution in [2.75, 3.05) is 24.6 Å². The predicted molar refractivity (Wildman–Crippen MR) is 106 cm³/mol. The average molecular weight is 372 g/mol. The quantitative estimate of drug-likeness (QED) is 0.836. The fraction of sp³-hybridized carbons (Fsp3) is 0.450. The smallest absolute Gasteiger partial charge is 0.407 e. The number of hydrogen-bond donors (Lipinski definition) is 2. The molecule has 2 heterocycles. The molecule has 0 atom stereocenters. The summed E-state index contributed by atoms with van der Waals surface area (Å²) in [5, 5.41) is 13.0. The summed E-state index contributed by atoms with van der Waals surface area (Å²) in [5.41, 5.74) is 1.31. The van der Waals surface area contributed by atoms with Gasteiger partial charge in [0.2, 0.25) is 0 Å². The highest BCUT2D eigenvalue weighted by Gasteiger charge is 2.22. The molecule has 1 aliphatic heterocycles. The first-order valence-electron chi connectivity index (χ1n) is 9.31. The van der Waals surface area contributed by atoms with Crippen molar-refractivity contribution in [2.24, 2.45) is 5.92 Å². The molecule has 0 radical (unpaired) electrons. The summed E-state index contributed by atoms with van der Waals surface area (Å²) < 4.78 is 5.18. The third kappa shape index (κ3) is 5.09. The number of anilines is 1. The average Bonchev–Trinajstić information content (AvgIpc) is 2.67. The van der Waals surface area contributed by atoms with Crippen LogP contribution >= 0.6 is 0 Å². The van der Waals surface area contributed by atoms with Gasteiger partial charge in [-0.05, 0) is 30.9 Å². The minimum Gasteiger partial charge on any atom is -0.507 e. The Hall–Kier alpha value is -2.83. The van der Waals surface area contributed by atoms with Gasteiger partial charge in [-0.25, -0.2) is 9.78 Å². The molecule has 1 aromatic carbocycles. The number of phenolic OH excluding ortho intramolecular Hbond substituents is 1. The van der Waals surface area contributed by atoms with E-state index in [0.29, 0.717) is 23.8 Å². The molecule has 7 nitrogen and oxygen atoms in total. The number of carbonyl (C=O) groups excluding carboxylic acids is 1. The summed E-state index contributed by atoms with van der Waals surface area (Å²) in [7, 11) is 0. The highest BCUT2D eigenvalue weighted by molar-refractivity contribution is 5.68. The number of ether oxygens (including phenoxy) is 1. The van der Waals surface area contributed by atoms with Crippen molar-refractivity contribution in [3.63, 3.8) is 0 Å². The summed E-state index contributed by atoms with van der Waals surface area (Å²) in [6, 6.07) is 7.20. The lowest BCUT2D eigenvalue weighted by atomic mass is 10.1. The number of piperidine rings is 1. The van der Waals surface area contributed by atoms with Crippen molar-refractivity contribution >= 4 is 11.9 Å². The second-order valence-corrected chi connectivity index (χ2v) is 7.18. The van der Waals surface area contributed by atoms with Gasteiger partial charge in [-0.15, -0.1) is 0 Å². The zero-order chi connectivity index (χ0) is 19.2. The number of nitrogens with zero attached hydrogens (tertiary/aromatic N) is 3. The molecule has 1 amide bonds. The zero-order valence-corrected chi connectivity index (χ0v) is 15.8. The van der Waals surface area contributed by atoms with E-state index in [0.717, 1.165) is 31.7 Å². The van der Waals surface area contributed by atoms with Crippen molar-refractivity contribution in [3.05, 3.63) is 36.7 Å². The molecule has 1 saturated heterocycles. The maximum Gasteiger partial charge on any atom is 0.407 e. The third-order valence-corrected chi connectivity index (χ3v) is 4.49. The van der Waals surface area contributed by atoms with E-state index >= 15 is 0 Å². The van der Waals surface area contributed by atoms with Gasteiger partial charge in [0, 0.05) is 26.1 Å². The molecule has 146 valence electrons. The number of benzene rings is 1. The Bertz CT molecular complexity index is 780. The van der Waals surface area contributed by atoms with Crippen molar-refractivity contribution in [1.82, 2.24) is 15.3 Å². The highest BCUT2D eigenvalue weighted by atomic mass is 16.5. The molecule has 0 aliphatic carbocycles. The molecule has 2 N–H and O–H groups in total. The number of nitrogens with one attached hydrogen (secondary N) is 1. The lowest BCUT2D eigenvalue weighted by molar-refractivity contribution is 0.128. The Kier molecular flexibility index (Phi) is 6.11. The van der Waals surface area contributed by atoms with Crippen LogP contribution in [0.3, 0.4) is 0 Å². The van der Waals surface area contributed by atoms with Crippen LogP contribution in [-0.2, 0) is 4.74 Å². The molecule has 1 aromatic heterocycles. The van der Waals surface area contributed by atoms with Crippen LogP contribution in [0.5, 0.6) is 5.75 Å². The van der Waals surface area contributed by atoms with Crippen LogP contribution in [0.2, 0.25) is 0 Å². The second kappa shape index (κ2) is 8.70. The molecule has 7 heteroatoms. The summed E-state index contributed by atoms with van der Waals surface area (Å²) in [6.45, 7) is 5.99. The molecule has 3 rings (SSSR count). The van der Waals surface area contributed by atoms with E-state index in [1.807, 2.05) is 26.0 Å². The van der Waals surface area contributed by atoms with E-state index in [1.165, 1.54) is 0 Å². The highest BCUT2D eigenvalue weighted by Crippen LogP contribution is 2.28. The molecule has 0 bridgehead atoms. The van der Waals surface area contributed by atoms with Gasteiger partial charge >= 0.3 is 6.09 Å². The predicted octanol–water partition coefficient (Wildman–Crippen LogP) is 3.45. The standard InChI is InChI=1S/C20H26N4O3.H2/c1-14(2)13-27-20(26)22-15-7-9-24(10-8-15)19-12-21-11-17(23-19)16-5-3-4-6-18(16)25;/h3-6,11-12,14-15,25H,7-10,13H2,1-2H3,(H,22,26);1H. The van der Waals surface area contributed by atoms with Crippen LogP contribution < -0.4 is 10.2 Å². The Morgan fingerprint density at radius 1 is 1.33 bits per heavy atom. The van der Waals surface area contributed by atoms with Gasteiger partial charge in [-0.1, -0.05) is 26.0 Å². The van der Waals surface area contributed by atoms with Crippen LogP contribution in [0.25, 0.3) is 11.3 Å². The molecule has 1 fully saturated rings. The first-order chi connectivity index (χ1) is 13.0.